The first kappa shape index (κ1) is 12.2. The molecule has 2 heterocycles. The van der Waals surface area contributed by atoms with Gasteiger partial charge in [-0.2, -0.15) is 0 Å². The maximum atomic E-state index is 4.41. The Balaban J connectivity index is 1.97. The molecule has 0 atom stereocenters. The van der Waals surface area contributed by atoms with Crippen LogP contribution in [0, 0.1) is 5.51 Å². The van der Waals surface area contributed by atoms with E-state index in [9.17, 15) is 0 Å². The predicted octanol–water partition coefficient (Wildman–Crippen LogP) is 4.83. The number of nitrogens with zero attached hydrogens (tertiary/aromatic N) is 2. The quantitative estimate of drug-likeness (QED) is 0.528. The van der Waals surface area contributed by atoms with Gasteiger partial charge in [0, 0.05) is 11.8 Å². The third-order valence-corrected chi connectivity index (χ3v) is 4.26. The Morgan fingerprint density at radius 3 is 2.62 bits per heavy atom. The molecule has 0 aliphatic rings. The van der Waals surface area contributed by atoms with Crippen molar-refractivity contribution in [2.24, 2.45) is 0 Å². The van der Waals surface area contributed by atoms with Crippen LogP contribution in [0.2, 0.25) is 0 Å². The van der Waals surface area contributed by atoms with Crippen molar-refractivity contribution in [3.05, 3.63) is 72.4 Å². The molecule has 3 heteroatoms. The van der Waals surface area contributed by atoms with E-state index in [1.807, 2.05) is 18.2 Å². The number of benzene rings is 2. The molecule has 99 valence electrons. The lowest BCUT2D eigenvalue weighted by Gasteiger charge is -2.06. The van der Waals surface area contributed by atoms with Crippen molar-refractivity contribution < 1.29 is 0 Å². The van der Waals surface area contributed by atoms with Crippen LogP contribution in [0.5, 0.6) is 0 Å². The first-order valence-electron chi connectivity index (χ1n) is 6.70. The zero-order chi connectivity index (χ0) is 14.1. The van der Waals surface area contributed by atoms with E-state index >= 15 is 0 Å². The summed E-state index contributed by atoms with van der Waals surface area (Å²) in [6, 6.07) is 20.6. The highest BCUT2D eigenvalue weighted by Crippen LogP contribution is 2.37. The molecule has 0 fully saturated rings. The third-order valence-electron chi connectivity index (χ3n) is 3.46. The van der Waals surface area contributed by atoms with Crippen molar-refractivity contribution >= 4 is 22.1 Å². The second-order valence-corrected chi connectivity index (χ2v) is 5.52. The van der Waals surface area contributed by atoms with Crippen LogP contribution in [0.25, 0.3) is 32.6 Å². The van der Waals surface area contributed by atoms with Gasteiger partial charge in [0.15, 0.2) is 5.51 Å². The fraction of sp³-hybridized carbons (Fsp3) is 0. The smallest absolute Gasteiger partial charge is 0.153 e. The van der Waals surface area contributed by atoms with Crippen LogP contribution < -0.4 is 0 Å². The minimum absolute atomic E-state index is 0.887. The molecular formula is C18H11N2S. The van der Waals surface area contributed by atoms with Crippen LogP contribution in [-0.2, 0) is 0 Å². The lowest BCUT2D eigenvalue weighted by molar-refractivity contribution is 1.28. The van der Waals surface area contributed by atoms with Gasteiger partial charge in [-0.25, -0.2) is 4.98 Å². The summed E-state index contributed by atoms with van der Waals surface area (Å²) in [6.07, 6.45) is 1.79. The number of hydrogen-bond donors (Lipinski definition) is 0. The molecule has 1 radical (unpaired) electrons. The van der Waals surface area contributed by atoms with Crippen LogP contribution in [0.3, 0.4) is 0 Å². The highest BCUT2D eigenvalue weighted by atomic mass is 32.1. The minimum Gasteiger partial charge on any atom is -0.255 e. The number of fused-ring (bicyclic) bond motifs is 1. The van der Waals surface area contributed by atoms with Gasteiger partial charge in [0.1, 0.15) is 5.69 Å². The summed E-state index contributed by atoms with van der Waals surface area (Å²) in [5, 5.41) is 2.46. The van der Waals surface area contributed by atoms with E-state index in [-0.39, 0.29) is 0 Å². The van der Waals surface area contributed by atoms with Crippen molar-refractivity contribution in [2.45, 2.75) is 0 Å². The average molecular weight is 287 g/mol. The Kier molecular flexibility index (Phi) is 2.98. The molecule has 0 amide bonds. The molecule has 4 aromatic rings. The summed E-state index contributed by atoms with van der Waals surface area (Å²) < 4.78 is 0. The molecule has 21 heavy (non-hydrogen) atoms. The average Bonchev–Trinajstić information content (AvgIpc) is 3.04. The summed E-state index contributed by atoms with van der Waals surface area (Å²) in [5.74, 6) is 0. The number of hydrogen-bond acceptors (Lipinski definition) is 3. The van der Waals surface area contributed by atoms with Crippen molar-refractivity contribution in [1.82, 2.24) is 9.97 Å². The van der Waals surface area contributed by atoms with Crippen LogP contribution >= 0.6 is 11.3 Å². The molecule has 0 saturated heterocycles. The molecule has 2 aromatic carbocycles. The van der Waals surface area contributed by atoms with Gasteiger partial charge in [0.2, 0.25) is 0 Å². The van der Waals surface area contributed by atoms with Crippen molar-refractivity contribution in [3.63, 3.8) is 0 Å². The molecule has 4 rings (SSSR count). The Hall–Kier alpha value is -2.52. The van der Waals surface area contributed by atoms with E-state index in [0.29, 0.717) is 0 Å². The Bertz CT molecular complexity index is 892. The van der Waals surface area contributed by atoms with Gasteiger partial charge < -0.3 is 0 Å². The second-order valence-electron chi connectivity index (χ2n) is 4.72. The highest BCUT2D eigenvalue weighted by Gasteiger charge is 2.14. The van der Waals surface area contributed by atoms with E-state index in [0.717, 1.165) is 16.3 Å². The Morgan fingerprint density at radius 2 is 1.71 bits per heavy atom. The van der Waals surface area contributed by atoms with E-state index in [2.05, 4.69) is 57.9 Å². The van der Waals surface area contributed by atoms with E-state index < -0.39 is 0 Å². The van der Waals surface area contributed by atoms with E-state index in [1.54, 1.807) is 6.20 Å². The third kappa shape index (κ3) is 2.12. The number of rotatable bonds is 2. The molecule has 0 bridgehead atoms. The van der Waals surface area contributed by atoms with Gasteiger partial charge in [0.05, 0.1) is 10.6 Å². The summed E-state index contributed by atoms with van der Waals surface area (Å²) in [4.78, 5) is 9.93. The Morgan fingerprint density at radius 1 is 0.857 bits per heavy atom. The summed E-state index contributed by atoms with van der Waals surface area (Å²) in [7, 11) is 0. The standard InChI is InChI=1S/C18H11N2S/c1-2-8-14-13(6-1)7-5-9-15(14)18-17(20-12-21-18)16-10-3-4-11-19-16/h1-11H. The maximum absolute atomic E-state index is 4.41. The van der Waals surface area contributed by atoms with Gasteiger partial charge in [0.25, 0.3) is 0 Å². The summed E-state index contributed by atoms with van der Waals surface area (Å²) >= 11 is 1.54. The predicted molar refractivity (Wildman–Crippen MR) is 87.1 cm³/mol. The number of aromatic nitrogens is 2. The molecule has 0 unspecified atom stereocenters. The fourth-order valence-electron chi connectivity index (χ4n) is 2.50. The lowest BCUT2D eigenvalue weighted by atomic mass is 10.0. The molecule has 2 nitrogen and oxygen atoms in total. The van der Waals surface area contributed by atoms with Gasteiger partial charge >= 0.3 is 0 Å². The maximum Gasteiger partial charge on any atom is 0.153 e. The van der Waals surface area contributed by atoms with Crippen molar-refractivity contribution in [3.8, 4) is 21.8 Å². The van der Waals surface area contributed by atoms with Crippen LogP contribution in [0.1, 0.15) is 0 Å². The van der Waals surface area contributed by atoms with Gasteiger partial charge in [-0.1, -0.05) is 48.5 Å². The van der Waals surface area contributed by atoms with Gasteiger partial charge in [-0.05, 0) is 22.9 Å². The molecule has 2 aromatic heterocycles. The number of pyridine rings is 1. The SMILES string of the molecule is [c]1nc(-c2ccccn2)c(-c2cccc3ccccc23)s1. The van der Waals surface area contributed by atoms with Crippen molar-refractivity contribution in [2.75, 3.05) is 0 Å². The largest absolute Gasteiger partial charge is 0.255 e. The first-order valence-corrected chi connectivity index (χ1v) is 7.51. The van der Waals surface area contributed by atoms with Crippen LogP contribution in [-0.4, -0.2) is 9.97 Å². The first-order chi connectivity index (χ1) is 10.4. The van der Waals surface area contributed by atoms with Gasteiger partial charge in [-0.3, -0.25) is 4.98 Å². The molecule has 0 saturated carbocycles. The topological polar surface area (TPSA) is 25.8 Å². The Labute approximate surface area is 126 Å². The van der Waals surface area contributed by atoms with E-state index in [4.69, 9.17) is 0 Å². The molecule has 0 aliphatic heterocycles. The van der Waals surface area contributed by atoms with Crippen LogP contribution in [0.15, 0.2) is 66.9 Å². The zero-order valence-electron chi connectivity index (χ0n) is 11.2. The number of thiazole rings is 1. The van der Waals surface area contributed by atoms with Crippen LogP contribution in [0.4, 0.5) is 0 Å². The second kappa shape index (κ2) is 5.11. The van der Waals surface area contributed by atoms with Gasteiger partial charge in [-0.15, -0.1) is 11.3 Å². The monoisotopic (exact) mass is 287 g/mol. The molecule has 0 N–H and O–H groups in total. The molecule has 0 spiro atoms. The lowest BCUT2D eigenvalue weighted by Crippen LogP contribution is -1.86. The normalized spacial score (nSPS) is 10.9. The highest BCUT2D eigenvalue weighted by molar-refractivity contribution is 7.13. The fourth-order valence-corrected chi connectivity index (χ4v) is 3.26. The molecular weight excluding hydrogens is 276 g/mol. The van der Waals surface area contributed by atoms with Crippen molar-refractivity contribution in [1.29, 1.82) is 0 Å². The van der Waals surface area contributed by atoms with E-state index in [1.165, 1.54) is 27.7 Å². The summed E-state index contributed by atoms with van der Waals surface area (Å²) in [6.45, 7) is 0. The molecule has 0 aliphatic carbocycles. The minimum atomic E-state index is 0.887. The summed E-state index contributed by atoms with van der Waals surface area (Å²) in [5.41, 5.74) is 5.99. The zero-order valence-corrected chi connectivity index (χ0v) is 12.0.